The molecule has 0 rings (SSSR count). The van der Waals surface area contributed by atoms with Crippen LogP contribution in [0.5, 0.6) is 0 Å². The Morgan fingerprint density at radius 3 is 2.80 bits per heavy atom. The highest BCUT2D eigenvalue weighted by molar-refractivity contribution is 5.67. The van der Waals surface area contributed by atoms with Crippen LogP contribution >= 0.6 is 0 Å². The van der Waals surface area contributed by atoms with Crippen molar-refractivity contribution in [2.75, 3.05) is 13.2 Å². The Balaban J connectivity index is 3.22. The smallest absolute Gasteiger partial charge is 0.407 e. The number of carbonyl (C=O) groups excluding carboxylic acids is 1. The van der Waals surface area contributed by atoms with Crippen molar-refractivity contribution in [1.29, 1.82) is 0 Å². The van der Waals surface area contributed by atoms with E-state index in [-0.39, 0.29) is 6.04 Å². The average Bonchev–Trinajstić information content (AvgIpc) is 1.85. The second-order valence-electron chi connectivity index (χ2n) is 2.08. The van der Waals surface area contributed by atoms with E-state index in [9.17, 15) is 4.79 Å². The molecule has 1 amide bonds. The zero-order chi connectivity index (χ0) is 7.98. The van der Waals surface area contributed by atoms with E-state index in [1.165, 1.54) is 0 Å². The van der Waals surface area contributed by atoms with Gasteiger partial charge < -0.3 is 15.8 Å². The molecule has 0 spiro atoms. The van der Waals surface area contributed by atoms with E-state index in [0.29, 0.717) is 13.2 Å². The number of rotatable bonds is 3. The van der Waals surface area contributed by atoms with E-state index in [4.69, 9.17) is 5.73 Å². The molecule has 0 aliphatic carbocycles. The molecule has 0 aromatic heterocycles. The van der Waals surface area contributed by atoms with Gasteiger partial charge in [0.2, 0.25) is 0 Å². The Hall–Kier alpha value is -0.770. The van der Waals surface area contributed by atoms with Crippen LogP contribution in [0.3, 0.4) is 0 Å². The predicted molar refractivity (Wildman–Crippen MR) is 38.7 cm³/mol. The first-order valence-corrected chi connectivity index (χ1v) is 3.33. The normalized spacial score (nSPS) is 12.3. The van der Waals surface area contributed by atoms with Gasteiger partial charge in [-0.2, -0.15) is 0 Å². The van der Waals surface area contributed by atoms with E-state index < -0.39 is 6.09 Å². The Morgan fingerprint density at radius 2 is 2.40 bits per heavy atom. The number of nitrogens with two attached hydrogens (primary N) is 1. The maximum absolute atomic E-state index is 10.6. The highest BCUT2D eigenvalue weighted by Crippen LogP contribution is 1.76. The maximum atomic E-state index is 10.6. The SMILES string of the molecule is CCOC(=O)NCC(C)N. The number of alkyl carbamates (subject to hydrolysis) is 1. The van der Waals surface area contributed by atoms with Crippen molar-refractivity contribution in [3.8, 4) is 0 Å². The minimum atomic E-state index is -0.403. The lowest BCUT2D eigenvalue weighted by Crippen LogP contribution is -2.35. The van der Waals surface area contributed by atoms with Crippen LogP contribution in [0.1, 0.15) is 13.8 Å². The van der Waals surface area contributed by atoms with Crippen molar-refractivity contribution in [2.24, 2.45) is 5.73 Å². The van der Waals surface area contributed by atoms with Crippen molar-refractivity contribution in [2.45, 2.75) is 19.9 Å². The molecule has 0 aromatic rings. The highest BCUT2D eigenvalue weighted by Gasteiger charge is 1.99. The summed E-state index contributed by atoms with van der Waals surface area (Å²) in [4.78, 5) is 10.6. The van der Waals surface area contributed by atoms with Gasteiger partial charge in [0.15, 0.2) is 0 Å². The monoisotopic (exact) mass is 146 g/mol. The van der Waals surface area contributed by atoms with Gasteiger partial charge in [-0.3, -0.25) is 0 Å². The Bertz CT molecular complexity index is 104. The van der Waals surface area contributed by atoms with Crippen molar-refractivity contribution >= 4 is 6.09 Å². The first-order valence-electron chi connectivity index (χ1n) is 3.33. The minimum Gasteiger partial charge on any atom is -0.450 e. The van der Waals surface area contributed by atoms with Crippen LogP contribution in [0.4, 0.5) is 4.79 Å². The lowest BCUT2D eigenvalue weighted by atomic mass is 10.4. The Morgan fingerprint density at radius 1 is 1.80 bits per heavy atom. The fourth-order valence-corrected chi connectivity index (χ4v) is 0.426. The van der Waals surface area contributed by atoms with Crippen molar-refractivity contribution in [3.63, 3.8) is 0 Å². The van der Waals surface area contributed by atoms with Gasteiger partial charge in [0.05, 0.1) is 6.61 Å². The zero-order valence-electron chi connectivity index (χ0n) is 6.39. The maximum Gasteiger partial charge on any atom is 0.407 e. The number of nitrogens with one attached hydrogen (secondary N) is 1. The van der Waals surface area contributed by atoms with Gasteiger partial charge in [-0.25, -0.2) is 4.79 Å². The number of carbonyl (C=O) groups is 1. The summed E-state index contributed by atoms with van der Waals surface area (Å²) in [5, 5.41) is 2.50. The summed E-state index contributed by atoms with van der Waals surface area (Å²) in [6, 6.07) is -0.0237. The topological polar surface area (TPSA) is 64.3 Å². The van der Waals surface area contributed by atoms with Gasteiger partial charge in [-0.1, -0.05) is 0 Å². The van der Waals surface area contributed by atoms with Gasteiger partial charge in [-0.15, -0.1) is 0 Å². The molecule has 10 heavy (non-hydrogen) atoms. The molecule has 0 aliphatic heterocycles. The van der Waals surface area contributed by atoms with Crippen LogP contribution in [-0.4, -0.2) is 25.3 Å². The molecule has 0 radical (unpaired) electrons. The predicted octanol–water partition coefficient (Wildman–Crippen LogP) is 0.0797. The van der Waals surface area contributed by atoms with Crippen LogP contribution < -0.4 is 11.1 Å². The molecule has 0 saturated carbocycles. The van der Waals surface area contributed by atoms with Gasteiger partial charge in [0.1, 0.15) is 0 Å². The summed E-state index contributed by atoms with van der Waals surface area (Å²) in [6.45, 7) is 4.42. The number of ether oxygens (including phenoxy) is 1. The summed E-state index contributed by atoms with van der Waals surface area (Å²) >= 11 is 0. The van der Waals surface area contributed by atoms with Crippen LogP contribution in [0.25, 0.3) is 0 Å². The van der Waals surface area contributed by atoms with Crippen LogP contribution in [0.2, 0.25) is 0 Å². The molecular weight excluding hydrogens is 132 g/mol. The molecule has 0 fully saturated rings. The van der Waals surface area contributed by atoms with E-state index >= 15 is 0 Å². The third-order valence-electron chi connectivity index (χ3n) is 0.844. The minimum absolute atomic E-state index is 0.0237. The van der Waals surface area contributed by atoms with E-state index in [1.807, 2.05) is 6.92 Å². The number of hydrogen-bond donors (Lipinski definition) is 2. The largest absolute Gasteiger partial charge is 0.450 e. The summed E-state index contributed by atoms with van der Waals surface area (Å²) < 4.78 is 4.59. The van der Waals surface area contributed by atoms with Crippen molar-refractivity contribution in [1.82, 2.24) is 5.32 Å². The zero-order valence-corrected chi connectivity index (χ0v) is 6.39. The van der Waals surface area contributed by atoms with Crippen molar-refractivity contribution in [3.05, 3.63) is 0 Å². The van der Waals surface area contributed by atoms with Gasteiger partial charge in [0.25, 0.3) is 0 Å². The molecule has 0 saturated heterocycles. The molecule has 60 valence electrons. The standard InChI is InChI=1S/C6H14N2O2/c1-3-10-6(9)8-4-5(2)7/h5H,3-4,7H2,1-2H3,(H,8,9). The molecule has 3 N–H and O–H groups in total. The van der Waals surface area contributed by atoms with Gasteiger partial charge in [-0.05, 0) is 13.8 Å². The number of hydrogen-bond acceptors (Lipinski definition) is 3. The lowest BCUT2D eigenvalue weighted by Gasteiger charge is -2.06. The first-order chi connectivity index (χ1) is 4.66. The molecule has 0 bridgehead atoms. The molecule has 0 aliphatic rings. The van der Waals surface area contributed by atoms with E-state index in [2.05, 4.69) is 10.1 Å². The number of amides is 1. The molecule has 4 nitrogen and oxygen atoms in total. The third-order valence-corrected chi connectivity index (χ3v) is 0.844. The van der Waals surface area contributed by atoms with Gasteiger partial charge >= 0.3 is 6.09 Å². The molecule has 4 heteroatoms. The van der Waals surface area contributed by atoms with Crippen LogP contribution in [0, 0.1) is 0 Å². The van der Waals surface area contributed by atoms with E-state index in [0.717, 1.165) is 0 Å². The quantitative estimate of drug-likeness (QED) is 0.592. The summed E-state index contributed by atoms with van der Waals surface area (Å²) in [7, 11) is 0. The second kappa shape index (κ2) is 5.05. The van der Waals surface area contributed by atoms with Crippen LogP contribution in [-0.2, 0) is 4.74 Å². The highest BCUT2D eigenvalue weighted by atomic mass is 16.5. The fraction of sp³-hybridized carbons (Fsp3) is 0.833. The summed E-state index contributed by atoms with van der Waals surface area (Å²) in [6.07, 6.45) is -0.403. The van der Waals surface area contributed by atoms with Gasteiger partial charge in [0, 0.05) is 12.6 Å². The summed E-state index contributed by atoms with van der Waals surface area (Å²) in [5.41, 5.74) is 5.37. The molecule has 0 aromatic carbocycles. The molecule has 1 atom stereocenters. The Labute approximate surface area is 60.7 Å². The lowest BCUT2D eigenvalue weighted by molar-refractivity contribution is 0.151. The second-order valence-corrected chi connectivity index (χ2v) is 2.08. The Kier molecular flexibility index (Phi) is 4.66. The molecule has 0 heterocycles. The average molecular weight is 146 g/mol. The van der Waals surface area contributed by atoms with Crippen molar-refractivity contribution < 1.29 is 9.53 Å². The molecular formula is C6H14N2O2. The summed E-state index contributed by atoms with van der Waals surface area (Å²) in [5.74, 6) is 0. The molecule has 1 unspecified atom stereocenters. The van der Waals surface area contributed by atoms with Crippen LogP contribution in [0.15, 0.2) is 0 Å². The fourth-order valence-electron chi connectivity index (χ4n) is 0.426. The van der Waals surface area contributed by atoms with E-state index in [1.54, 1.807) is 6.92 Å². The first kappa shape index (κ1) is 9.23. The third kappa shape index (κ3) is 5.37.